The maximum absolute atomic E-state index is 13.7. The molecule has 0 atom stereocenters. The molecule has 3 rings (SSSR count). The normalized spacial score (nSPS) is 11.9. The van der Waals surface area contributed by atoms with Crippen molar-refractivity contribution >= 4 is 21.8 Å². The lowest BCUT2D eigenvalue weighted by Gasteiger charge is -2.18. The Morgan fingerprint density at radius 1 is 1.04 bits per heavy atom. The van der Waals surface area contributed by atoms with Crippen molar-refractivity contribution in [2.45, 2.75) is 29.7 Å². The summed E-state index contributed by atoms with van der Waals surface area (Å²) in [6.45, 7) is 4.42. The van der Waals surface area contributed by atoms with Gasteiger partial charge in [0.1, 0.15) is 5.82 Å². The minimum absolute atomic E-state index is 0.216. The Morgan fingerprint density at radius 2 is 1.71 bits per heavy atom. The van der Waals surface area contributed by atoms with E-state index in [-0.39, 0.29) is 16.6 Å². The molecule has 0 spiro atoms. The minimum atomic E-state index is -3.51. The van der Waals surface area contributed by atoms with Gasteiger partial charge >= 0.3 is 0 Å². The molecule has 0 radical (unpaired) electrons. The first-order valence-electron chi connectivity index (χ1n) is 8.76. The van der Waals surface area contributed by atoms with Crippen molar-refractivity contribution in [2.24, 2.45) is 0 Å². The van der Waals surface area contributed by atoms with Crippen LogP contribution in [0.25, 0.3) is 11.5 Å². The summed E-state index contributed by atoms with van der Waals surface area (Å²) in [6.07, 6.45) is 0. The van der Waals surface area contributed by atoms with Gasteiger partial charge in [-0.05, 0) is 35.9 Å². The second-order valence-corrected chi connectivity index (χ2v) is 8.73. The average Bonchev–Trinajstić information content (AvgIpc) is 3.17. The number of rotatable bonds is 8. The number of hydrogen-bond donors (Lipinski definition) is 0. The fourth-order valence-corrected chi connectivity index (χ4v) is 4.83. The van der Waals surface area contributed by atoms with Crippen LogP contribution in [0.3, 0.4) is 0 Å². The van der Waals surface area contributed by atoms with E-state index in [0.717, 1.165) is 0 Å². The van der Waals surface area contributed by atoms with Crippen LogP contribution in [0.4, 0.5) is 4.39 Å². The lowest BCUT2D eigenvalue weighted by Crippen LogP contribution is -2.30. The van der Waals surface area contributed by atoms with Crippen LogP contribution in [0.5, 0.6) is 0 Å². The summed E-state index contributed by atoms with van der Waals surface area (Å²) in [5, 5.41) is 8.27. The van der Waals surface area contributed by atoms with Gasteiger partial charge in [0.15, 0.2) is 0 Å². The molecule has 0 aliphatic rings. The van der Waals surface area contributed by atoms with E-state index in [2.05, 4.69) is 10.2 Å². The fraction of sp³-hybridized carbons (Fsp3) is 0.263. The second kappa shape index (κ2) is 8.85. The molecule has 0 N–H and O–H groups in total. The molecular formula is C19H20FN3O3S2. The minimum Gasteiger partial charge on any atom is -0.411 e. The summed E-state index contributed by atoms with van der Waals surface area (Å²) in [5.74, 6) is 0.373. The van der Waals surface area contributed by atoms with Gasteiger partial charge in [-0.3, -0.25) is 0 Å². The van der Waals surface area contributed by atoms with Gasteiger partial charge in [-0.2, -0.15) is 4.31 Å². The first kappa shape index (κ1) is 20.5. The zero-order chi connectivity index (χ0) is 20.1. The third-order valence-corrected chi connectivity index (χ3v) is 7.09. The van der Waals surface area contributed by atoms with E-state index < -0.39 is 10.0 Å². The zero-order valence-corrected chi connectivity index (χ0v) is 17.1. The number of sulfonamides is 1. The molecule has 0 amide bonds. The molecule has 0 fully saturated rings. The predicted octanol–water partition coefficient (Wildman–Crippen LogP) is 4.20. The third kappa shape index (κ3) is 4.43. The van der Waals surface area contributed by atoms with E-state index in [0.29, 0.717) is 35.2 Å². The van der Waals surface area contributed by atoms with Crippen LogP contribution in [-0.4, -0.2) is 36.0 Å². The molecule has 148 valence electrons. The van der Waals surface area contributed by atoms with Crippen molar-refractivity contribution in [3.63, 3.8) is 0 Å². The molecule has 3 aromatic rings. The Hall–Kier alpha value is -2.23. The highest BCUT2D eigenvalue weighted by atomic mass is 32.2. The number of thioether (sulfide) groups is 1. The van der Waals surface area contributed by atoms with Crippen LogP contribution in [-0.2, 0) is 15.8 Å². The molecule has 0 aliphatic heterocycles. The average molecular weight is 422 g/mol. The Kier molecular flexibility index (Phi) is 6.48. The van der Waals surface area contributed by atoms with Crippen molar-refractivity contribution < 1.29 is 17.2 Å². The van der Waals surface area contributed by atoms with Crippen LogP contribution in [0.15, 0.2) is 63.1 Å². The maximum Gasteiger partial charge on any atom is 0.277 e. The first-order chi connectivity index (χ1) is 13.5. The summed E-state index contributed by atoms with van der Waals surface area (Å²) in [6, 6.07) is 12.8. The topological polar surface area (TPSA) is 76.3 Å². The van der Waals surface area contributed by atoms with Crippen LogP contribution < -0.4 is 0 Å². The summed E-state index contributed by atoms with van der Waals surface area (Å²) in [5.41, 5.74) is 1.17. The molecule has 0 saturated heterocycles. The molecule has 0 aliphatic carbocycles. The molecule has 0 bridgehead atoms. The maximum atomic E-state index is 13.7. The quantitative estimate of drug-likeness (QED) is 0.508. The van der Waals surface area contributed by atoms with Gasteiger partial charge in [-0.25, -0.2) is 12.8 Å². The molecule has 0 saturated carbocycles. The summed E-state index contributed by atoms with van der Waals surface area (Å²) >= 11 is 1.24. The van der Waals surface area contributed by atoms with E-state index >= 15 is 0 Å². The van der Waals surface area contributed by atoms with Crippen molar-refractivity contribution in [2.75, 3.05) is 13.1 Å². The first-order valence-corrected chi connectivity index (χ1v) is 11.2. The van der Waals surface area contributed by atoms with Crippen LogP contribution in [0, 0.1) is 5.82 Å². The summed E-state index contributed by atoms with van der Waals surface area (Å²) in [7, 11) is -3.51. The standard InChI is InChI=1S/C19H20FN3O3S2/c1-3-23(4-2)28(24,25)16-11-9-14(10-12-16)18-21-22-19(26-18)27-13-15-7-5-6-8-17(15)20/h5-12H,3-4,13H2,1-2H3. The SMILES string of the molecule is CCN(CC)S(=O)(=O)c1ccc(-c2nnc(SCc3ccccc3F)o2)cc1. The van der Waals surface area contributed by atoms with Crippen molar-refractivity contribution in [1.29, 1.82) is 0 Å². The third-order valence-electron chi connectivity index (χ3n) is 4.16. The monoisotopic (exact) mass is 421 g/mol. The highest BCUT2D eigenvalue weighted by Crippen LogP contribution is 2.27. The van der Waals surface area contributed by atoms with E-state index in [4.69, 9.17) is 4.42 Å². The van der Waals surface area contributed by atoms with Crippen molar-refractivity contribution in [3.8, 4) is 11.5 Å². The molecule has 1 heterocycles. The van der Waals surface area contributed by atoms with E-state index in [1.165, 1.54) is 34.3 Å². The zero-order valence-electron chi connectivity index (χ0n) is 15.5. The Labute approximate surface area is 167 Å². The van der Waals surface area contributed by atoms with Gasteiger partial charge in [0.25, 0.3) is 5.22 Å². The number of aromatic nitrogens is 2. The Morgan fingerprint density at radius 3 is 2.36 bits per heavy atom. The predicted molar refractivity (Wildman–Crippen MR) is 106 cm³/mol. The lowest BCUT2D eigenvalue weighted by molar-refractivity contribution is 0.445. The highest BCUT2D eigenvalue weighted by molar-refractivity contribution is 7.98. The van der Waals surface area contributed by atoms with Gasteiger partial charge in [0.05, 0.1) is 4.90 Å². The van der Waals surface area contributed by atoms with Gasteiger partial charge in [0, 0.05) is 24.4 Å². The van der Waals surface area contributed by atoms with Gasteiger partial charge in [-0.1, -0.05) is 43.8 Å². The van der Waals surface area contributed by atoms with Crippen molar-refractivity contribution in [3.05, 3.63) is 59.9 Å². The summed E-state index contributed by atoms with van der Waals surface area (Å²) in [4.78, 5) is 0.216. The molecule has 1 aromatic heterocycles. The molecule has 9 heteroatoms. The molecule has 0 unspecified atom stereocenters. The van der Waals surface area contributed by atoms with E-state index in [1.807, 2.05) is 0 Å². The van der Waals surface area contributed by atoms with Gasteiger partial charge in [-0.15, -0.1) is 10.2 Å². The van der Waals surface area contributed by atoms with Gasteiger partial charge < -0.3 is 4.42 Å². The number of nitrogens with zero attached hydrogens (tertiary/aromatic N) is 3. The van der Waals surface area contributed by atoms with Crippen LogP contribution in [0.1, 0.15) is 19.4 Å². The van der Waals surface area contributed by atoms with Crippen molar-refractivity contribution in [1.82, 2.24) is 14.5 Å². The Balaban J connectivity index is 1.72. The van der Waals surface area contributed by atoms with E-state index in [9.17, 15) is 12.8 Å². The lowest BCUT2D eigenvalue weighted by atomic mass is 10.2. The second-order valence-electron chi connectivity index (χ2n) is 5.87. The van der Waals surface area contributed by atoms with Gasteiger partial charge in [0.2, 0.25) is 15.9 Å². The highest BCUT2D eigenvalue weighted by Gasteiger charge is 2.21. The number of benzene rings is 2. The fourth-order valence-electron chi connectivity index (χ4n) is 2.62. The number of hydrogen-bond acceptors (Lipinski definition) is 6. The van der Waals surface area contributed by atoms with E-state index in [1.54, 1.807) is 44.2 Å². The number of halogens is 1. The molecule has 28 heavy (non-hydrogen) atoms. The van der Waals surface area contributed by atoms with Crippen LogP contribution >= 0.6 is 11.8 Å². The smallest absolute Gasteiger partial charge is 0.277 e. The largest absolute Gasteiger partial charge is 0.411 e. The Bertz CT molecular complexity index is 1030. The molecular weight excluding hydrogens is 401 g/mol. The molecule has 2 aromatic carbocycles. The van der Waals surface area contributed by atoms with Crippen LogP contribution in [0.2, 0.25) is 0 Å². The molecule has 6 nitrogen and oxygen atoms in total. The summed E-state index contributed by atoms with van der Waals surface area (Å²) < 4.78 is 45.7.